The van der Waals surface area contributed by atoms with Gasteiger partial charge in [-0.05, 0) is 11.0 Å². The Balaban J connectivity index is 3.33. The van der Waals surface area contributed by atoms with E-state index in [0.29, 0.717) is 11.1 Å². The van der Waals surface area contributed by atoms with E-state index in [-0.39, 0.29) is 11.1 Å². The van der Waals surface area contributed by atoms with Crippen LogP contribution in [0.2, 0.25) is 0 Å². The highest BCUT2D eigenvalue weighted by Gasteiger charge is 2.25. The topological polar surface area (TPSA) is 103 Å². The quantitative estimate of drug-likeness (QED) is 0.667. The van der Waals surface area contributed by atoms with Crippen molar-refractivity contribution in [2.45, 2.75) is 31.9 Å². The summed E-state index contributed by atoms with van der Waals surface area (Å²) >= 11 is 0. The number of nitrogens with zero attached hydrogens (tertiary/aromatic N) is 1. The van der Waals surface area contributed by atoms with Crippen LogP contribution >= 0.6 is 0 Å². The third-order valence-electron chi connectivity index (χ3n) is 2.43. The van der Waals surface area contributed by atoms with Crippen molar-refractivity contribution < 1.29 is 13.3 Å². The Morgan fingerprint density at radius 3 is 2.28 bits per heavy atom. The van der Waals surface area contributed by atoms with Crippen LogP contribution in [-0.2, 0) is 21.2 Å². The molecule has 1 aromatic carbocycles. The molecule has 2 N–H and O–H groups in total. The zero-order chi connectivity index (χ0) is 14.1. The summed E-state index contributed by atoms with van der Waals surface area (Å²) in [5, 5.41) is 15.9. The number of rotatable bonds is 3. The third-order valence-corrected chi connectivity index (χ3v) is 3.17. The Morgan fingerprint density at radius 2 is 1.89 bits per heavy atom. The molecule has 6 nitrogen and oxygen atoms in total. The predicted octanol–water partition coefficient (Wildman–Crippen LogP) is 1.68. The summed E-state index contributed by atoms with van der Waals surface area (Å²) in [5.41, 5.74) is 0.411. The van der Waals surface area contributed by atoms with Gasteiger partial charge in [0, 0.05) is 11.6 Å². The van der Waals surface area contributed by atoms with Gasteiger partial charge in [-0.3, -0.25) is 10.1 Å². The zero-order valence-corrected chi connectivity index (χ0v) is 11.3. The van der Waals surface area contributed by atoms with E-state index in [1.54, 1.807) is 12.1 Å². The SMILES string of the molecule is CC(C)(C)c1ccc(CS(N)(=O)=O)cc1[N+](=O)[O-]. The minimum Gasteiger partial charge on any atom is -0.258 e. The average molecular weight is 272 g/mol. The first kappa shape index (κ1) is 14.6. The maximum absolute atomic E-state index is 11.0. The first-order valence-electron chi connectivity index (χ1n) is 5.29. The number of nitro benzene ring substituents is 1. The molecule has 0 amide bonds. The van der Waals surface area contributed by atoms with E-state index in [0.717, 1.165) is 0 Å². The number of benzene rings is 1. The Kier molecular flexibility index (Phi) is 3.78. The van der Waals surface area contributed by atoms with Crippen molar-refractivity contribution in [3.05, 3.63) is 39.4 Å². The number of sulfonamides is 1. The number of primary sulfonamides is 1. The lowest BCUT2D eigenvalue weighted by Gasteiger charge is -2.19. The van der Waals surface area contributed by atoms with E-state index < -0.39 is 20.7 Å². The second-order valence-electron chi connectivity index (χ2n) is 5.17. The van der Waals surface area contributed by atoms with Gasteiger partial charge < -0.3 is 0 Å². The van der Waals surface area contributed by atoms with E-state index in [1.807, 2.05) is 20.8 Å². The molecule has 0 fully saturated rings. The fourth-order valence-corrected chi connectivity index (χ4v) is 2.33. The molecule has 0 aliphatic heterocycles. The number of nitrogens with two attached hydrogens (primary N) is 1. The fourth-order valence-electron chi connectivity index (χ4n) is 1.68. The van der Waals surface area contributed by atoms with Crippen LogP contribution in [0.5, 0.6) is 0 Å². The number of hydrogen-bond acceptors (Lipinski definition) is 4. The Labute approximate surface area is 106 Å². The van der Waals surface area contributed by atoms with Gasteiger partial charge in [-0.2, -0.15) is 0 Å². The number of nitro groups is 1. The monoisotopic (exact) mass is 272 g/mol. The fraction of sp³-hybridized carbons (Fsp3) is 0.455. The van der Waals surface area contributed by atoms with Crippen LogP contribution in [-0.4, -0.2) is 13.3 Å². The molecule has 0 spiro atoms. The van der Waals surface area contributed by atoms with Crippen LogP contribution in [0.4, 0.5) is 5.69 Å². The summed E-state index contributed by atoms with van der Waals surface area (Å²) in [7, 11) is -3.69. The molecule has 0 aromatic heterocycles. The van der Waals surface area contributed by atoms with Crippen molar-refractivity contribution in [3.63, 3.8) is 0 Å². The molecule has 0 aliphatic rings. The Bertz CT molecular complexity index is 573. The molecule has 0 radical (unpaired) electrons. The average Bonchev–Trinajstić information content (AvgIpc) is 2.12. The molecule has 18 heavy (non-hydrogen) atoms. The third kappa shape index (κ3) is 3.78. The standard InChI is InChI=1S/C11H16N2O4S/c1-11(2,3)9-5-4-8(7-18(12,16)17)6-10(9)13(14)15/h4-6H,7H2,1-3H3,(H2,12,16,17). The van der Waals surface area contributed by atoms with Gasteiger partial charge in [0.25, 0.3) is 5.69 Å². The lowest BCUT2D eigenvalue weighted by molar-refractivity contribution is -0.386. The van der Waals surface area contributed by atoms with Crippen molar-refractivity contribution in [2.24, 2.45) is 5.14 Å². The van der Waals surface area contributed by atoms with Gasteiger partial charge in [-0.25, -0.2) is 13.6 Å². The summed E-state index contributed by atoms with van der Waals surface area (Å²) in [6.45, 7) is 5.57. The molecule has 0 saturated heterocycles. The molecular weight excluding hydrogens is 256 g/mol. The van der Waals surface area contributed by atoms with Crippen molar-refractivity contribution in [2.75, 3.05) is 0 Å². The second kappa shape index (κ2) is 4.66. The summed E-state index contributed by atoms with van der Waals surface area (Å²) < 4.78 is 21.9. The summed E-state index contributed by atoms with van der Waals surface area (Å²) in [6.07, 6.45) is 0. The van der Waals surface area contributed by atoms with E-state index >= 15 is 0 Å². The van der Waals surface area contributed by atoms with E-state index in [1.165, 1.54) is 6.07 Å². The zero-order valence-electron chi connectivity index (χ0n) is 10.5. The molecule has 100 valence electrons. The van der Waals surface area contributed by atoms with Crippen LogP contribution in [0.15, 0.2) is 18.2 Å². The molecule has 0 unspecified atom stereocenters. The van der Waals surface area contributed by atoms with E-state index in [9.17, 15) is 18.5 Å². The molecule has 1 aromatic rings. The van der Waals surface area contributed by atoms with Crippen molar-refractivity contribution in [1.82, 2.24) is 0 Å². The van der Waals surface area contributed by atoms with Gasteiger partial charge in [-0.15, -0.1) is 0 Å². The minimum atomic E-state index is -3.69. The molecule has 7 heteroatoms. The summed E-state index contributed by atoms with van der Waals surface area (Å²) in [4.78, 5) is 10.5. The Hall–Kier alpha value is -1.47. The predicted molar refractivity (Wildman–Crippen MR) is 68.6 cm³/mol. The summed E-state index contributed by atoms with van der Waals surface area (Å²) in [5.74, 6) is -0.405. The highest BCUT2D eigenvalue weighted by atomic mass is 32.2. The van der Waals surface area contributed by atoms with Crippen LogP contribution in [0.1, 0.15) is 31.9 Å². The smallest absolute Gasteiger partial charge is 0.258 e. The molecule has 0 atom stereocenters. The van der Waals surface area contributed by atoms with E-state index in [4.69, 9.17) is 5.14 Å². The van der Waals surface area contributed by atoms with Crippen molar-refractivity contribution >= 4 is 15.7 Å². The maximum atomic E-state index is 11.0. The number of hydrogen-bond donors (Lipinski definition) is 1. The lowest BCUT2D eigenvalue weighted by Crippen LogP contribution is -2.16. The molecule has 0 aliphatic carbocycles. The lowest BCUT2D eigenvalue weighted by atomic mass is 9.85. The van der Waals surface area contributed by atoms with Crippen molar-refractivity contribution in [1.29, 1.82) is 0 Å². The molecule has 0 saturated carbocycles. The first-order chi connectivity index (χ1) is 8.00. The van der Waals surface area contributed by atoms with Crippen LogP contribution in [0.25, 0.3) is 0 Å². The van der Waals surface area contributed by atoms with Gasteiger partial charge in [0.15, 0.2) is 0 Å². The van der Waals surface area contributed by atoms with Gasteiger partial charge in [0.1, 0.15) is 0 Å². The molecular formula is C11H16N2O4S. The van der Waals surface area contributed by atoms with Gasteiger partial charge in [-0.1, -0.05) is 32.9 Å². The highest BCUT2D eigenvalue weighted by molar-refractivity contribution is 7.88. The van der Waals surface area contributed by atoms with Crippen LogP contribution < -0.4 is 5.14 Å². The second-order valence-corrected chi connectivity index (χ2v) is 6.78. The molecule has 0 bridgehead atoms. The normalized spacial score (nSPS) is 12.4. The van der Waals surface area contributed by atoms with Crippen molar-refractivity contribution in [3.8, 4) is 0 Å². The minimum absolute atomic E-state index is 0.0800. The Morgan fingerprint density at radius 1 is 1.33 bits per heavy atom. The molecule has 1 rings (SSSR count). The van der Waals surface area contributed by atoms with Crippen LogP contribution in [0, 0.1) is 10.1 Å². The highest BCUT2D eigenvalue weighted by Crippen LogP contribution is 2.32. The van der Waals surface area contributed by atoms with Gasteiger partial charge in [0.2, 0.25) is 10.0 Å². The van der Waals surface area contributed by atoms with Crippen LogP contribution in [0.3, 0.4) is 0 Å². The molecule has 0 heterocycles. The van der Waals surface area contributed by atoms with Gasteiger partial charge in [0.05, 0.1) is 10.7 Å². The summed E-state index contributed by atoms with van der Waals surface area (Å²) in [6, 6.07) is 4.40. The largest absolute Gasteiger partial charge is 0.273 e. The maximum Gasteiger partial charge on any atom is 0.273 e. The van der Waals surface area contributed by atoms with Gasteiger partial charge >= 0.3 is 0 Å². The first-order valence-corrected chi connectivity index (χ1v) is 7.00. The van der Waals surface area contributed by atoms with E-state index in [2.05, 4.69) is 0 Å².